The van der Waals surface area contributed by atoms with Gasteiger partial charge in [0.05, 0.1) is 13.2 Å². The summed E-state index contributed by atoms with van der Waals surface area (Å²) in [7, 11) is 0. The fraction of sp³-hybridized carbons (Fsp3) is 0.444. The van der Waals surface area contributed by atoms with E-state index in [-0.39, 0.29) is 0 Å². The van der Waals surface area contributed by atoms with E-state index in [9.17, 15) is 0 Å². The molecular formula is C18H21O2. The quantitative estimate of drug-likeness (QED) is 0.527. The summed E-state index contributed by atoms with van der Waals surface area (Å²) in [6, 6.07) is 8.63. The van der Waals surface area contributed by atoms with Crippen molar-refractivity contribution in [3.05, 3.63) is 24.3 Å². The highest BCUT2D eigenvalue weighted by Crippen LogP contribution is 2.19. The molecule has 2 heteroatoms. The predicted octanol–water partition coefficient (Wildman–Crippen LogP) is 3.85. The summed E-state index contributed by atoms with van der Waals surface area (Å²) in [5.41, 5.74) is 0. The lowest BCUT2D eigenvalue weighted by molar-refractivity contribution is 0.297. The first-order valence-electron chi connectivity index (χ1n) is 6.93. The third-order valence-electron chi connectivity index (χ3n) is 2.52. The second kappa shape index (κ2) is 10.8. The summed E-state index contributed by atoms with van der Waals surface area (Å²) in [5.74, 6) is 13.3. The van der Waals surface area contributed by atoms with Gasteiger partial charge in [-0.25, -0.2) is 0 Å². The van der Waals surface area contributed by atoms with Crippen LogP contribution < -0.4 is 9.47 Å². The van der Waals surface area contributed by atoms with Crippen LogP contribution in [0.25, 0.3) is 0 Å². The highest BCUT2D eigenvalue weighted by atomic mass is 16.5. The molecule has 1 rings (SSSR count). The molecule has 0 N–H and O–H groups in total. The Balaban J connectivity index is 2.28. The van der Waals surface area contributed by atoms with E-state index in [1.807, 2.05) is 32.0 Å². The van der Waals surface area contributed by atoms with Crippen molar-refractivity contribution in [2.75, 3.05) is 13.2 Å². The molecule has 20 heavy (non-hydrogen) atoms. The Morgan fingerprint density at radius 3 is 2.30 bits per heavy atom. The molecule has 1 aromatic carbocycles. The predicted molar refractivity (Wildman–Crippen MR) is 81.6 cm³/mol. The smallest absolute Gasteiger partial charge is 0.130 e. The van der Waals surface area contributed by atoms with Crippen LogP contribution in [-0.4, -0.2) is 13.2 Å². The number of unbranched alkanes of at least 4 members (excludes halogenated alkanes) is 2. The molecule has 0 saturated carbocycles. The number of benzene rings is 1. The first kappa shape index (κ1) is 16.0. The number of hydrogen-bond donors (Lipinski definition) is 0. The molecule has 0 aliphatic heterocycles. The van der Waals surface area contributed by atoms with E-state index >= 15 is 0 Å². The van der Waals surface area contributed by atoms with E-state index in [4.69, 9.17) is 9.47 Å². The molecule has 1 radical (unpaired) electrons. The van der Waals surface area contributed by atoms with Crippen LogP contribution in [0.1, 0.15) is 39.5 Å². The van der Waals surface area contributed by atoms with E-state index in [1.54, 1.807) is 0 Å². The normalized spacial score (nSPS) is 8.90. The van der Waals surface area contributed by atoms with Gasteiger partial charge in [0, 0.05) is 25.0 Å². The summed E-state index contributed by atoms with van der Waals surface area (Å²) in [6.45, 7) is 5.02. The average Bonchev–Trinajstić information content (AvgIpc) is 2.47. The highest BCUT2D eigenvalue weighted by molar-refractivity contribution is 5.31. The number of ether oxygens (including phenoxy) is 2. The van der Waals surface area contributed by atoms with Gasteiger partial charge in [-0.2, -0.15) is 0 Å². The number of hydrogen-bond acceptors (Lipinski definition) is 2. The minimum atomic E-state index is 0.653. The fourth-order valence-electron chi connectivity index (χ4n) is 1.54. The van der Waals surface area contributed by atoms with Crippen LogP contribution in [0.15, 0.2) is 18.2 Å². The molecule has 0 aliphatic carbocycles. The molecule has 0 amide bonds. The SMILES string of the molecule is CC#CCCCOc1[c]ccc(OCCCC#CC)c1. The van der Waals surface area contributed by atoms with Crippen molar-refractivity contribution in [1.82, 2.24) is 0 Å². The fourth-order valence-corrected chi connectivity index (χ4v) is 1.54. The molecule has 0 spiro atoms. The Kier molecular flexibility index (Phi) is 8.66. The molecule has 1 aromatic rings. The van der Waals surface area contributed by atoms with Crippen molar-refractivity contribution in [3.8, 4) is 35.2 Å². The van der Waals surface area contributed by atoms with Gasteiger partial charge in [-0.1, -0.05) is 0 Å². The Hall–Kier alpha value is -2.06. The minimum absolute atomic E-state index is 0.653. The maximum Gasteiger partial charge on any atom is 0.130 e. The van der Waals surface area contributed by atoms with E-state index in [1.165, 1.54) is 0 Å². The maximum absolute atomic E-state index is 5.65. The molecule has 0 aliphatic rings. The van der Waals surface area contributed by atoms with Crippen LogP contribution in [0.5, 0.6) is 11.5 Å². The van der Waals surface area contributed by atoms with Crippen molar-refractivity contribution in [1.29, 1.82) is 0 Å². The lowest BCUT2D eigenvalue weighted by Crippen LogP contribution is -1.99. The first-order valence-corrected chi connectivity index (χ1v) is 6.93. The van der Waals surface area contributed by atoms with Crippen LogP contribution in [-0.2, 0) is 0 Å². The zero-order valence-corrected chi connectivity index (χ0v) is 12.3. The topological polar surface area (TPSA) is 18.5 Å². The van der Waals surface area contributed by atoms with Crippen LogP contribution in [0, 0.1) is 29.7 Å². The molecule has 0 bridgehead atoms. The third kappa shape index (κ3) is 7.39. The van der Waals surface area contributed by atoms with Gasteiger partial charge in [0.25, 0.3) is 0 Å². The van der Waals surface area contributed by atoms with Gasteiger partial charge in [0.15, 0.2) is 0 Å². The Labute approximate surface area is 122 Å². The summed E-state index contributed by atoms with van der Waals surface area (Å²) in [4.78, 5) is 0. The summed E-state index contributed by atoms with van der Waals surface area (Å²) < 4.78 is 11.3. The lowest BCUT2D eigenvalue weighted by Gasteiger charge is -2.08. The number of rotatable bonds is 8. The summed E-state index contributed by atoms with van der Waals surface area (Å²) in [6.07, 6.45) is 3.60. The van der Waals surface area contributed by atoms with Crippen LogP contribution in [0.4, 0.5) is 0 Å². The third-order valence-corrected chi connectivity index (χ3v) is 2.52. The second-order valence-corrected chi connectivity index (χ2v) is 4.15. The zero-order chi connectivity index (χ0) is 14.5. The van der Waals surface area contributed by atoms with E-state index in [0.717, 1.165) is 37.2 Å². The standard InChI is InChI=1S/C18H21O2/c1-3-5-7-9-14-19-17-12-11-13-18(16-17)20-15-10-8-6-4-2/h11-12,16H,7-10,14-15H2,1-2H3. The maximum atomic E-state index is 5.65. The van der Waals surface area contributed by atoms with Gasteiger partial charge in [-0.15, -0.1) is 23.7 Å². The van der Waals surface area contributed by atoms with Crippen molar-refractivity contribution in [2.24, 2.45) is 0 Å². The zero-order valence-electron chi connectivity index (χ0n) is 12.3. The molecule has 0 saturated heterocycles. The summed E-state index contributed by atoms with van der Waals surface area (Å²) >= 11 is 0. The molecule has 0 unspecified atom stereocenters. The van der Waals surface area contributed by atoms with Crippen LogP contribution >= 0.6 is 0 Å². The average molecular weight is 269 g/mol. The van der Waals surface area contributed by atoms with Crippen molar-refractivity contribution in [2.45, 2.75) is 39.5 Å². The minimum Gasteiger partial charge on any atom is -0.493 e. The molecular weight excluding hydrogens is 248 g/mol. The molecule has 0 fully saturated rings. The highest BCUT2D eigenvalue weighted by Gasteiger charge is 1.98. The van der Waals surface area contributed by atoms with Crippen molar-refractivity contribution < 1.29 is 9.47 Å². The molecule has 2 nitrogen and oxygen atoms in total. The van der Waals surface area contributed by atoms with E-state index in [2.05, 4.69) is 29.7 Å². The molecule has 0 aromatic heterocycles. The monoisotopic (exact) mass is 269 g/mol. The van der Waals surface area contributed by atoms with Crippen LogP contribution in [0.2, 0.25) is 0 Å². The Bertz CT molecular complexity index is 454. The second-order valence-electron chi connectivity index (χ2n) is 4.15. The van der Waals surface area contributed by atoms with E-state index in [0.29, 0.717) is 13.2 Å². The van der Waals surface area contributed by atoms with Gasteiger partial charge in [-0.3, -0.25) is 0 Å². The van der Waals surface area contributed by atoms with E-state index < -0.39 is 0 Å². The lowest BCUT2D eigenvalue weighted by atomic mass is 10.3. The van der Waals surface area contributed by atoms with Crippen LogP contribution in [0.3, 0.4) is 0 Å². The summed E-state index contributed by atoms with van der Waals surface area (Å²) in [5, 5.41) is 0. The largest absolute Gasteiger partial charge is 0.493 e. The Morgan fingerprint density at radius 1 is 1.00 bits per heavy atom. The van der Waals surface area contributed by atoms with Crippen molar-refractivity contribution >= 4 is 0 Å². The van der Waals surface area contributed by atoms with Gasteiger partial charge in [0.1, 0.15) is 11.5 Å². The van der Waals surface area contributed by atoms with Gasteiger partial charge < -0.3 is 9.47 Å². The van der Waals surface area contributed by atoms with Gasteiger partial charge >= 0.3 is 0 Å². The van der Waals surface area contributed by atoms with Gasteiger partial charge in [0.2, 0.25) is 0 Å². The Morgan fingerprint density at radius 2 is 1.65 bits per heavy atom. The molecule has 105 valence electrons. The molecule has 0 atom stereocenters. The first-order chi connectivity index (χ1) is 9.86. The van der Waals surface area contributed by atoms with Crippen molar-refractivity contribution in [3.63, 3.8) is 0 Å². The molecule has 0 heterocycles. The van der Waals surface area contributed by atoms with Gasteiger partial charge in [-0.05, 0) is 38.8 Å².